The summed E-state index contributed by atoms with van der Waals surface area (Å²) in [5.74, 6) is 0.0491. The van der Waals surface area contributed by atoms with Gasteiger partial charge in [0, 0.05) is 32.0 Å². The summed E-state index contributed by atoms with van der Waals surface area (Å²) in [7, 11) is 1.70. The molecule has 0 spiro atoms. The van der Waals surface area contributed by atoms with Gasteiger partial charge < -0.3 is 15.0 Å². The number of amides is 2. The van der Waals surface area contributed by atoms with Crippen molar-refractivity contribution in [3.8, 4) is 0 Å². The summed E-state index contributed by atoms with van der Waals surface area (Å²) in [5, 5.41) is 2.94. The highest BCUT2D eigenvalue weighted by Gasteiger charge is 2.37. The van der Waals surface area contributed by atoms with Crippen molar-refractivity contribution in [1.82, 2.24) is 10.2 Å². The van der Waals surface area contributed by atoms with Crippen molar-refractivity contribution in [1.29, 1.82) is 0 Å². The van der Waals surface area contributed by atoms with Crippen molar-refractivity contribution in [2.24, 2.45) is 5.41 Å². The lowest BCUT2D eigenvalue weighted by molar-refractivity contribution is -0.133. The fraction of sp³-hybridized carbons (Fsp3) is 0.846. The molecule has 1 N–H and O–H groups in total. The SMILES string of the molecule is COCC1(CNC(=O)CN2CCCC2=O)CCC1. The van der Waals surface area contributed by atoms with Gasteiger partial charge in [0.2, 0.25) is 11.8 Å². The summed E-state index contributed by atoms with van der Waals surface area (Å²) in [6, 6.07) is 0. The van der Waals surface area contributed by atoms with Gasteiger partial charge in [0.25, 0.3) is 0 Å². The molecule has 2 aliphatic rings. The Morgan fingerprint density at radius 2 is 2.22 bits per heavy atom. The number of hydrogen-bond donors (Lipinski definition) is 1. The van der Waals surface area contributed by atoms with E-state index in [1.165, 1.54) is 6.42 Å². The second-order valence-corrected chi connectivity index (χ2v) is 5.48. The van der Waals surface area contributed by atoms with E-state index in [1.807, 2.05) is 0 Å². The van der Waals surface area contributed by atoms with E-state index in [4.69, 9.17) is 4.74 Å². The monoisotopic (exact) mass is 254 g/mol. The number of ether oxygens (including phenoxy) is 1. The molecule has 0 aromatic rings. The third-order valence-corrected chi connectivity index (χ3v) is 4.03. The first-order valence-corrected chi connectivity index (χ1v) is 6.69. The summed E-state index contributed by atoms with van der Waals surface area (Å²) in [6.45, 7) is 2.30. The first-order chi connectivity index (χ1) is 8.65. The number of nitrogens with zero attached hydrogens (tertiary/aromatic N) is 1. The van der Waals surface area contributed by atoms with Crippen LogP contribution in [0.15, 0.2) is 0 Å². The molecular weight excluding hydrogens is 232 g/mol. The number of rotatable bonds is 6. The van der Waals surface area contributed by atoms with Crippen molar-refractivity contribution in [2.45, 2.75) is 32.1 Å². The lowest BCUT2D eigenvalue weighted by Crippen LogP contribution is -2.47. The zero-order chi connectivity index (χ0) is 13.0. The van der Waals surface area contributed by atoms with E-state index in [0.29, 0.717) is 19.6 Å². The number of hydrogen-bond acceptors (Lipinski definition) is 3. The Kier molecular flexibility index (Phi) is 4.22. The lowest BCUT2D eigenvalue weighted by atomic mass is 9.69. The van der Waals surface area contributed by atoms with Crippen molar-refractivity contribution >= 4 is 11.8 Å². The molecule has 2 fully saturated rings. The highest BCUT2D eigenvalue weighted by molar-refractivity contribution is 5.85. The largest absolute Gasteiger partial charge is 0.384 e. The van der Waals surface area contributed by atoms with Crippen LogP contribution in [-0.4, -0.2) is 50.1 Å². The molecule has 18 heavy (non-hydrogen) atoms. The Labute approximate surface area is 108 Å². The molecule has 1 aliphatic carbocycles. The van der Waals surface area contributed by atoms with E-state index < -0.39 is 0 Å². The molecule has 1 saturated heterocycles. The molecule has 102 valence electrons. The normalized spacial score (nSPS) is 21.8. The number of carbonyl (C=O) groups is 2. The quantitative estimate of drug-likeness (QED) is 0.752. The van der Waals surface area contributed by atoms with E-state index in [2.05, 4.69) is 5.32 Å². The molecule has 5 heteroatoms. The Morgan fingerprint density at radius 1 is 1.44 bits per heavy atom. The molecular formula is C13H22N2O3. The van der Waals surface area contributed by atoms with Crippen LogP contribution in [0.1, 0.15) is 32.1 Å². The van der Waals surface area contributed by atoms with Gasteiger partial charge in [-0.25, -0.2) is 0 Å². The standard InChI is InChI=1S/C13H22N2O3/c1-18-10-13(5-3-6-13)9-14-11(16)8-15-7-2-4-12(15)17/h2-10H2,1H3,(H,14,16). The molecule has 0 aromatic heterocycles. The fourth-order valence-corrected chi connectivity index (χ4v) is 2.74. The van der Waals surface area contributed by atoms with Crippen molar-refractivity contribution in [2.75, 3.05) is 33.4 Å². The van der Waals surface area contributed by atoms with E-state index in [0.717, 1.165) is 25.8 Å². The van der Waals surface area contributed by atoms with Crippen molar-refractivity contribution < 1.29 is 14.3 Å². The van der Waals surface area contributed by atoms with Gasteiger partial charge in [0.1, 0.15) is 0 Å². The maximum absolute atomic E-state index is 11.8. The third kappa shape index (κ3) is 3.02. The summed E-state index contributed by atoms with van der Waals surface area (Å²) >= 11 is 0. The van der Waals surface area contributed by atoms with E-state index in [-0.39, 0.29) is 23.8 Å². The second-order valence-electron chi connectivity index (χ2n) is 5.48. The minimum absolute atomic E-state index is 0.0485. The number of likely N-dealkylation sites (tertiary alicyclic amines) is 1. The van der Waals surface area contributed by atoms with Crippen molar-refractivity contribution in [3.05, 3.63) is 0 Å². The molecule has 2 amide bonds. The molecule has 0 unspecified atom stereocenters. The van der Waals surface area contributed by atoms with Crippen LogP contribution < -0.4 is 5.32 Å². The number of methoxy groups -OCH3 is 1. The first-order valence-electron chi connectivity index (χ1n) is 6.69. The van der Waals surface area contributed by atoms with Crippen LogP contribution in [0.3, 0.4) is 0 Å². The zero-order valence-corrected chi connectivity index (χ0v) is 11.0. The predicted molar refractivity (Wildman–Crippen MR) is 67.0 cm³/mol. The molecule has 1 heterocycles. The van der Waals surface area contributed by atoms with Gasteiger partial charge in [0.15, 0.2) is 0 Å². The average molecular weight is 254 g/mol. The minimum atomic E-state index is -0.0485. The van der Waals surface area contributed by atoms with Crippen LogP contribution in [0.2, 0.25) is 0 Å². The van der Waals surface area contributed by atoms with Crippen LogP contribution in [-0.2, 0) is 14.3 Å². The highest BCUT2D eigenvalue weighted by Crippen LogP contribution is 2.40. The van der Waals surface area contributed by atoms with Gasteiger partial charge in [-0.2, -0.15) is 0 Å². The Balaban J connectivity index is 1.72. The van der Waals surface area contributed by atoms with Crippen LogP contribution in [0.4, 0.5) is 0 Å². The third-order valence-electron chi connectivity index (χ3n) is 4.03. The Bertz CT molecular complexity index is 326. The van der Waals surface area contributed by atoms with Gasteiger partial charge in [0.05, 0.1) is 13.2 Å². The smallest absolute Gasteiger partial charge is 0.239 e. The van der Waals surface area contributed by atoms with E-state index in [9.17, 15) is 9.59 Å². The van der Waals surface area contributed by atoms with Crippen LogP contribution in [0, 0.1) is 5.41 Å². The molecule has 0 bridgehead atoms. The summed E-state index contributed by atoms with van der Waals surface area (Å²) in [4.78, 5) is 24.8. The second kappa shape index (κ2) is 5.69. The minimum Gasteiger partial charge on any atom is -0.384 e. The molecule has 0 radical (unpaired) electrons. The van der Waals surface area contributed by atoms with Crippen LogP contribution >= 0.6 is 0 Å². The van der Waals surface area contributed by atoms with Gasteiger partial charge in [-0.1, -0.05) is 6.42 Å². The molecule has 0 aromatic carbocycles. The molecule has 1 aliphatic heterocycles. The molecule has 2 rings (SSSR count). The van der Waals surface area contributed by atoms with E-state index in [1.54, 1.807) is 12.0 Å². The van der Waals surface area contributed by atoms with Crippen LogP contribution in [0.5, 0.6) is 0 Å². The van der Waals surface area contributed by atoms with E-state index >= 15 is 0 Å². The molecule has 0 atom stereocenters. The molecule has 1 saturated carbocycles. The predicted octanol–water partition coefficient (Wildman–Crippen LogP) is 0.542. The Morgan fingerprint density at radius 3 is 2.72 bits per heavy atom. The highest BCUT2D eigenvalue weighted by atomic mass is 16.5. The van der Waals surface area contributed by atoms with Gasteiger partial charge in [-0.15, -0.1) is 0 Å². The van der Waals surface area contributed by atoms with Gasteiger partial charge >= 0.3 is 0 Å². The summed E-state index contributed by atoms with van der Waals surface area (Å²) in [6.07, 6.45) is 4.90. The zero-order valence-electron chi connectivity index (χ0n) is 11.0. The first kappa shape index (κ1) is 13.3. The summed E-state index contributed by atoms with van der Waals surface area (Å²) in [5.41, 5.74) is 0.138. The Hall–Kier alpha value is -1.10. The molecule has 5 nitrogen and oxygen atoms in total. The maximum Gasteiger partial charge on any atom is 0.239 e. The number of carbonyl (C=O) groups excluding carboxylic acids is 2. The van der Waals surface area contributed by atoms with Gasteiger partial charge in [-0.3, -0.25) is 9.59 Å². The number of nitrogens with one attached hydrogen (secondary N) is 1. The fourth-order valence-electron chi connectivity index (χ4n) is 2.74. The van der Waals surface area contributed by atoms with Crippen molar-refractivity contribution in [3.63, 3.8) is 0 Å². The van der Waals surface area contributed by atoms with Gasteiger partial charge in [-0.05, 0) is 19.3 Å². The maximum atomic E-state index is 11.8. The topological polar surface area (TPSA) is 58.6 Å². The average Bonchev–Trinajstić information content (AvgIpc) is 2.68. The van der Waals surface area contributed by atoms with Crippen LogP contribution in [0.25, 0.3) is 0 Å². The summed E-state index contributed by atoms with van der Waals surface area (Å²) < 4.78 is 5.22. The lowest BCUT2D eigenvalue weighted by Gasteiger charge is -2.41.